The molecule has 4 rings (SSSR count). The van der Waals surface area contributed by atoms with E-state index in [-0.39, 0.29) is 42.2 Å². The highest BCUT2D eigenvalue weighted by molar-refractivity contribution is 6.01. The van der Waals surface area contributed by atoms with Crippen molar-refractivity contribution in [2.24, 2.45) is 5.41 Å². The molecule has 164 valence electrons. The first-order valence-electron chi connectivity index (χ1n) is 10.2. The molecule has 2 heterocycles. The lowest BCUT2D eigenvalue weighted by molar-refractivity contribution is -0.139. The number of carbonyl (C=O) groups excluding carboxylic acids is 2. The number of benzene rings is 1. The van der Waals surface area contributed by atoms with Crippen LogP contribution in [0.2, 0.25) is 0 Å². The van der Waals surface area contributed by atoms with Gasteiger partial charge in [-0.2, -0.15) is 0 Å². The number of hydrogen-bond acceptors (Lipinski definition) is 5. The van der Waals surface area contributed by atoms with Crippen LogP contribution in [0.5, 0.6) is 0 Å². The zero-order valence-electron chi connectivity index (χ0n) is 17.4. The van der Waals surface area contributed by atoms with Gasteiger partial charge in [0, 0.05) is 24.0 Å². The van der Waals surface area contributed by atoms with Crippen molar-refractivity contribution in [3.8, 4) is 0 Å². The first-order valence-corrected chi connectivity index (χ1v) is 10.2. The lowest BCUT2D eigenvalue weighted by Gasteiger charge is -2.43. The molecule has 2 aromatic rings. The molecule has 1 saturated heterocycles. The summed E-state index contributed by atoms with van der Waals surface area (Å²) in [7, 11) is 0. The van der Waals surface area contributed by atoms with E-state index in [1.54, 1.807) is 13.8 Å². The maximum Gasteiger partial charge on any atom is 0.270 e. The normalized spacial score (nSPS) is 28.2. The molecule has 1 aliphatic carbocycles. The van der Waals surface area contributed by atoms with E-state index in [9.17, 15) is 23.5 Å². The van der Waals surface area contributed by atoms with Gasteiger partial charge in [0.1, 0.15) is 23.2 Å². The van der Waals surface area contributed by atoms with E-state index in [1.165, 1.54) is 17.2 Å². The fraction of sp³-hybridized carbons (Fsp3) is 0.455. The van der Waals surface area contributed by atoms with Crippen LogP contribution < -0.4 is 10.2 Å². The summed E-state index contributed by atoms with van der Waals surface area (Å²) < 4.78 is 27.5. The Bertz CT molecular complexity index is 1020. The van der Waals surface area contributed by atoms with Gasteiger partial charge in [0.2, 0.25) is 5.91 Å². The Labute approximate surface area is 178 Å². The number of anilines is 1. The molecular formula is C22H24F2N4O3. The second-order valence-corrected chi connectivity index (χ2v) is 8.63. The van der Waals surface area contributed by atoms with Crippen LogP contribution in [0.15, 0.2) is 30.5 Å². The zero-order chi connectivity index (χ0) is 22.4. The number of nitrogens with one attached hydrogen (secondary N) is 1. The number of carbonyl (C=O) groups is 2. The van der Waals surface area contributed by atoms with Gasteiger partial charge in [-0.15, -0.1) is 0 Å². The van der Waals surface area contributed by atoms with E-state index in [4.69, 9.17) is 0 Å². The standard InChI is InChI=1S/C22H24F2N4O3/c1-13-25-7-5-18(26-13)19(29)27-16-4-3-6-22(11-16)20(30)28(12-21(22,2)31)17-9-14(23)8-15(24)10-17/h5,7-10,16,31H,3-4,6,11-12H2,1-2H3,(H,27,29). The van der Waals surface area contributed by atoms with E-state index in [0.29, 0.717) is 25.1 Å². The summed E-state index contributed by atoms with van der Waals surface area (Å²) in [6, 6.07) is 4.05. The number of aryl methyl sites for hydroxylation is 1. The summed E-state index contributed by atoms with van der Waals surface area (Å²) in [5.74, 6) is -1.88. The highest BCUT2D eigenvalue weighted by atomic mass is 19.1. The molecule has 2 N–H and O–H groups in total. The number of aliphatic hydroxyl groups is 1. The smallest absolute Gasteiger partial charge is 0.270 e. The predicted octanol–water partition coefficient (Wildman–Crippen LogP) is 2.52. The van der Waals surface area contributed by atoms with Crippen LogP contribution in [0.25, 0.3) is 0 Å². The minimum Gasteiger partial charge on any atom is -0.387 e. The largest absolute Gasteiger partial charge is 0.387 e. The average molecular weight is 430 g/mol. The van der Waals surface area contributed by atoms with Crippen LogP contribution in [0.1, 0.15) is 48.9 Å². The van der Waals surface area contributed by atoms with Gasteiger partial charge in [-0.25, -0.2) is 18.7 Å². The Hall–Kier alpha value is -2.94. The number of nitrogens with zero attached hydrogens (tertiary/aromatic N) is 3. The molecule has 3 atom stereocenters. The van der Waals surface area contributed by atoms with Crippen molar-refractivity contribution in [1.82, 2.24) is 15.3 Å². The minimum absolute atomic E-state index is 0.0715. The van der Waals surface area contributed by atoms with Gasteiger partial charge in [0.25, 0.3) is 5.91 Å². The molecule has 31 heavy (non-hydrogen) atoms. The van der Waals surface area contributed by atoms with Crippen molar-refractivity contribution < 1.29 is 23.5 Å². The second kappa shape index (κ2) is 7.64. The topological polar surface area (TPSA) is 95.4 Å². The van der Waals surface area contributed by atoms with Crippen molar-refractivity contribution >= 4 is 17.5 Å². The molecule has 2 aliphatic rings. The van der Waals surface area contributed by atoms with E-state index in [1.807, 2.05) is 0 Å². The minimum atomic E-state index is -1.43. The van der Waals surface area contributed by atoms with Gasteiger partial charge < -0.3 is 15.3 Å². The number of β-amino-alcohol motifs (C(OH)–C–C–N with tert-alkyl or cyclic N) is 1. The molecule has 2 amide bonds. The number of hydrogen-bond donors (Lipinski definition) is 2. The summed E-state index contributed by atoms with van der Waals surface area (Å²) in [4.78, 5) is 35.4. The summed E-state index contributed by atoms with van der Waals surface area (Å²) in [5.41, 5.74) is -2.29. The summed E-state index contributed by atoms with van der Waals surface area (Å²) in [6.07, 6.45) is 3.41. The van der Waals surface area contributed by atoms with Gasteiger partial charge >= 0.3 is 0 Å². The lowest BCUT2D eigenvalue weighted by Crippen LogP contribution is -2.53. The molecule has 1 aromatic heterocycles. The van der Waals surface area contributed by atoms with Crippen molar-refractivity contribution in [1.29, 1.82) is 0 Å². The fourth-order valence-corrected chi connectivity index (χ4v) is 4.85. The van der Waals surface area contributed by atoms with E-state index < -0.39 is 22.7 Å². The van der Waals surface area contributed by atoms with Crippen LogP contribution >= 0.6 is 0 Å². The maximum absolute atomic E-state index is 13.7. The van der Waals surface area contributed by atoms with Crippen LogP contribution in [0.3, 0.4) is 0 Å². The Morgan fingerprint density at radius 3 is 2.68 bits per heavy atom. The SMILES string of the molecule is Cc1nccc(C(=O)NC2CCCC3(C2)C(=O)N(c2cc(F)cc(F)c2)CC3(C)O)n1. The quantitative estimate of drug-likeness (QED) is 0.780. The molecule has 9 heteroatoms. The monoisotopic (exact) mass is 430 g/mol. The van der Waals surface area contributed by atoms with Crippen LogP contribution in [0.4, 0.5) is 14.5 Å². The van der Waals surface area contributed by atoms with Crippen molar-refractivity contribution in [3.05, 3.63) is 53.6 Å². The molecular weight excluding hydrogens is 406 g/mol. The molecule has 7 nitrogen and oxygen atoms in total. The third kappa shape index (κ3) is 3.78. The molecule has 1 aliphatic heterocycles. The molecule has 0 radical (unpaired) electrons. The Morgan fingerprint density at radius 2 is 2.00 bits per heavy atom. The molecule has 1 saturated carbocycles. The van der Waals surface area contributed by atoms with Crippen LogP contribution in [0, 0.1) is 24.0 Å². The molecule has 1 aromatic carbocycles. The summed E-state index contributed by atoms with van der Waals surface area (Å²) in [5, 5.41) is 14.1. The Morgan fingerprint density at radius 1 is 1.29 bits per heavy atom. The number of aromatic nitrogens is 2. The van der Waals surface area contributed by atoms with E-state index >= 15 is 0 Å². The molecule has 3 unspecified atom stereocenters. The van der Waals surface area contributed by atoms with Crippen molar-refractivity contribution in [2.75, 3.05) is 11.4 Å². The Kier molecular flexibility index (Phi) is 5.25. The lowest BCUT2D eigenvalue weighted by atomic mass is 9.64. The number of rotatable bonds is 3. The predicted molar refractivity (Wildman–Crippen MR) is 108 cm³/mol. The summed E-state index contributed by atoms with van der Waals surface area (Å²) >= 11 is 0. The summed E-state index contributed by atoms with van der Waals surface area (Å²) in [6.45, 7) is 3.17. The van der Waals surface area contributed by atoms with E-state index in [2.05, 4.69) is 15.3 Å². The van der Waals surface area contributed by atoms with Gasteiger partial charge in [-0.1, -0.05) is 6.42 Å². The first kappa shape index (κ1) is 21.3. The maximum atomic E-state index is 13.7. The Balaban J connectivity index is 1.58. The zero-order valence-corrected chi connectivity index (χ0v) is 17.4. The number of halogens is 2. The van der Waals surface area contributed by atoms with Crippen LogP contribution in [-0.4, -0.2) is 45.1 Å². The first-order chi connectivity index (χ1) is 14.6. The average Bonchev–Trinajstić information content (AvgIpc) is 2.88. The second-order valence-electron chi connectivity index (χ2n) is 8.63. The van der Waals surface area contributed by atoms with Gasteiger partial charge in [-0.3, -0.25) is 9.59 Å². The van der Waals surface area contributed by atoms with Gasteiger partial charge in [0.05, 0.1) is 17.6 Å². The van der Waals surface area contributed by atoms with E-state index in [0.717, 1.165) is 18.2 Å². The van der Waals surface area contributed by atoms with Gasteiger partial charge in [-0.05, 0) is 51.3 Å². The highest BCUT2D eigenvalue weighted by Crippen LogP contribution is 2.51. The highest BCUT2D eigenvalue weighted by Gasteiger charge is 2.62. The number of amides is 2. The third-order valence-electron chi connectivity index (χ3n) is 6.41. The third-order valence-corrected chi connectivity index (χ3v) is 6.41. The molecule has 2 fully saturated rings. The molecule has 0 bridgehead atoms. The van der Waals surface area contributed by atoms with Gasteiger partial charge in [0.15, 0.2) is 0 Å². The van der Waals surface area contributed by atoms with Crippen LogP contribution in [-0.2, 0) is 4.79 Å². The van der Waals surface area contributed by atoms with Crippen molar-refractivity contribution in [3.63, 3.8) is 0 Å². The molecule has 1 spiro atoms. The van der Waals surface area contributed by atoms with Crippen molar-refractivity contribution in [2.45, 2.75) is 51.2 Å². The fourth-order valence-electron chi connectivity index (χ4n) is 4.85.